The normalized spacial score (nSPS) is 18.8. The number of rotatable bonds is 3. The molecule has 2 amide bonds. The van der Waals surface area contributed by atoms with Crippen LogP contribution in [-0.2, 0) is 9.59 Å². The van der Waals surface area contributed by atoms with Crippen molar-refractivity contribution < 1.29 is 22.8 Å². The second kappa shape index (κ2) is 6.22. The number of amides is 2. The van der Waals surface area contributed by atoms with Crippen molar-refractivity contribution >= 4 is 17.5 Å². The van der Waals surface area contributed by atoms with Gasteiger partial charge < -0.3 is 10.2 Å². The van der Waals surface area contributed by atoms with Crippen LogP contribution in [0.25, 0.3) is 0 Å². The third-order valence-corrected chi connectivity index (χ3v) is 4.40. The second-order valence-corrected chi connectivity index (χ2v) is 6.09. The molecule has 2 aliphatic rings. The first kappa shape index (κ1) is 15.8. The average molecular weight is 326 g/mol. The molecule has 1 aliphatic heterocycles. The molecule has 23 heavy (non-hydrogen) atoms. The van der Waals surface area contributed by atoms with Crippen LogP contribution in [0.1, 0.15) is 25.7 Å². The second-order valence-electron chi connectivity index (χ2n) is 6.09. The fourth-order valence-electron chi connectivity index (χ4n) is 2.81. The minimum absolute atomic E-state index is 0.149. The van der Waals surface area contributed by atoms with Gasteiger partial charge in [-0.25, -0.2) is 13.2 Å². The van der Waals surface area contributed by atoms with Crippen molar-refractivity contribution in [1.82, 2.24) is 4.90 Å². The van der Waals surface area contributed by atoms with Crippen molar-refractivity contribution in [1.29, 1.82) is 0 Å². The SMILES string of the molecule is O=C(Nc1ccc(F)c(F)c1F)C1CCN(C(=O)C2CC2)CC1. The number of hydrogen-bond donors (Lipinski definition) is 1. The summed E-state index contributed by atoms with van der Waals surface area (Å²) in [5, 5.41) is 2.30. The zero-order chi connectivity index (χ0) is 16.6. The van der Waals surface area contributed by atoms with Gasteiger partial charge in [0.2, 0.25) is 11.8 Å². The zero-order valence-electron chi connectivity index (χ0n) is 12.4. The first-order valence-electron chi connectivity index (χ1n) is 7.70. The molecule has 4 nitrogen and oxygen atoms in total. The summed E-state index contributed by atoms with van der Waals surface area (Å²) in [6, 6.07) is 1.77. The topological polar surface area (TPSA) is 49.4 Å². The molecule has 7 heteroatoms. The third kappa shape index (κ3) is 3.33. The van der Waals surface area contributed by atoms with Gasteiger partial charge in [0.15, 0.2) is 17.5 Å². The van der Waals surface area contributed by atoms with E-state index < -0.39 is 23.4 Å². The van der Waals surface area contributed by atoms with Gasteiger partial charge in [-0.15, -0.1) is 0 Å². The lowest BCUT2D eigenvalue weighted by molar-refractivity contribution is -0.135. The molecular formula is C16H17F3N2O2. The van der Waals surface area contributed by atoms with Gasteiger partial charge in [0.25, 0.3) is 0 Å². The molecule has 1 heterocycles. The largest absolute Gasteiger partial charge is 0.342 e. The number of halogens is 3. The highest BCUT2D eigenvalue weighted by Crippen LogP contribution is 2.32. The summed E-state index contributed by atoms with van der Waals surface area (Å²) in [5.41, 5.74) is -0.370. The molecule has 0 bridgehead atoms. The molecule has 0 atom stereocenters. The molecule has 124 valence electrons. The van der Waals surface area contributed by atoms with Crippen LogP contribution in [0.3, 0.4) is 0 Å². The minimum atomic E-state index is -1.60. The Labute approximate surface area is 131 Å². The Morgan fingerprint density at radius 2 is 1.61 bits per heavy atom. The van der Waals surface area contributed by atoms with Gasteiger partial charge in [-0.3, -0.25) is 9.59 Å². The molecule has 1 saturated carbocycles. The summed E-state index contributed by atoms with van der Waals surface area (Å²) in [7, 11) is 0. The van der Waals surface area contributed by atoms with Crippen LogP contribution >= 0.6 is 0 Å². The van der Waals surface area contributed by atoms with Gasteiger partial charge in [-0.2, -0.15) is 0 Å². The van der Waals surface area contributed by atoms with Crippen LogP contribution in [0.4, 0.5) is 18.9 Å². The van der Waals surface area contributed by atoms with E-state index in [4.69, 9.17) is 0 Å². The Morgan fingerprint density at radius 3 is 2.22 bits per heavy atom. The van der Waals surface area contributed by atoms with Crippen molar-refractivity contribution in [2.45, 2.75) is 25.7 Å². The van der Waals surface area contributed by atoms with Crippen molar-refractivity contribution in [3.05, 3.63) is 29.6 Å². The van der Waals surface area contributed by atoms with Gasteiger partial charge in [0.05, 0.1) is 5.69 Å². The fraction of sp³-hybridized carbons (Fsp3) is 0.500. The average Bonchev–Trinajstić information content (AvgIpc) is 3.40. The Balaban J connectivity index is 1.57. The number of carbonyl (C=O) groups excluding carboxylic acids is 2. The Morgan fingerprint density at radius 1 is 0.957 bits per heavy atom. The van der Waals surface area contributed by atoms with Crippen LogP contribution in [0.2, 0.25) is 0 Å². The van der Waals surface area contributed by atoms with E-state index >= 15 is 0 Å². The van der Waals surface area contributed by atoms with E-state index in [2.05, 4.69) is 5.32 Å². The summed E-state index contributed by atoms with van der Waals surface area (Å²) >= 11 is 0. The van der Waals surface area contributed by atoms with E-state index in [9.17, 15) is 22.8 Å². The van der Waals surface area contributed by atoms with Crippen molar-refractivity contribution in [2.24, 2.45) is 11.8 Å². The van der Waals surface area contributed by atoms with Crippen LogP contribution < -0.4 is 5.32 Å². The van der Waals surface area contributed by atoms with Crippen LogP contribution in [0.15, 0.2) is 12.1 Å². The predicted molar refractivity (Wildman–Crippen MR) is 77.0 cm³/mol. The number of likely N-dealkylation sites (tertiary alicyclic amines) is 1. The van der Waals surface area contributed by atoms with Crippen LogP contribution in [-0.4, -0.2) is 29.8 Å². The quantitative estimate of drug-likeness (QED) is 0.868. The highest BCUT2D eigenvalue weighted by molar-refractivity contribution is 5.93. The minimum Gasteiger partial charge on any atom is -0.342 e. The van der Waals surface area contributed by atoms with Gasteiger partial charge in [0, 0.05) is 24.9 Å². The molecule has 1 aromatic carbocycles. The van der Waals surface area contributed by atoms with Crippen molar-refractivity contribution in [3.63, 3.8) is 0 Å². The van der Waals surface area contributed by atoms with Gasteiger partial charge >= 0.3 is 0 Å². The standard InChI is InChI=1S/C16H17F3N2O2/c17-11-3-4-12(14(19)13(11)18)20-15(22)9-5-7-21(8-6-9)16(23)10-1-2-10/h3-4,9-10H,1-2,5-8H2,(H,20,22). The summed E-state index contributed by atoms with van der Waals surface area (Å²) in [6.07, 6.45) is 2.84. The Kier molecular flexibility index (Phi) is 4.28. The number of nitrogens with one attached hydrogen (secondary N) is 1. The number of hydrogen-bond acceptors (Lipinski definition) is 2. The third-order valence-electron chi connectivity index (χ3n) is 4.40. The number of anilines is 1. The molecule has 3 rings (SSSR count). The molecule has 1 N–H and O–H groups in total. The summed E-state index contributed by atoms with van der Waals surface area (Å²) < 4.78 is 39.6. The lowest BCUT2D eigenvalue weighted by Gasteiger charge is -2.31. The molecule has 0 spiro atoms. The maximum absolute atomic E-state index is 13.6. The first-order chi connectivity index (χ1) is 11.0. The number of carbonyl (C=O) groups is 2. The fourth-order valence-corrected chi connectivity index (χ4v) is 2.81. The van der Waals surface area contributed by atoms with Crippen molar-refractivity contribution in [3.8, 4) is 0 Å². The maximum atomic E-state index is 13.6. The predicted octanol–water partition coefficient (Wildman–Crippen LogP) is 2.69. The van der Waals surface area contributed by atoms with E-state index in [0.717, 1.165) is 25.0 Å². The van der Waals surface area contributed by atoms with Crippen molar-refractivity contribution in [2.75, 3.05) is 18.4 Å². The molecular weight excluding hydrogens is 309 g/mol. The molecule has 0 aromatic heterocycles. The molecule has 1 aromatic rings. The molecule has 2 fully saturated rings. The Hall–Kier alpha value is -2.05. The van der Waals surface area contributed by atoms with Gasteiger partial charge in [-0.1, -0.05) is 0 Å². The smallest absolute Gasteiger partial charge is 0.227 e. The molecule has 1 aliphatic carbocycles. The van der Waals surface area contributed by atoms with E-state index in [1.807, 2.05) is 0 Å². The highest BCUT2D eigenvalue weighted by atomic mass is 19.2. The number of benzene rings is 1. The number of piperidine rings is 1. The summed E-state index contributed by atoms with van der Waals surface area (Å²) in [4.78, 5) is 25.8. The van der Waals surface area contributed by atoms with E-state index in [-0.39, 0.29) is 23.4 Å². The summed E-state index contributed by atoms with van der Waals surface area (Å²) in [6.45, 7) is 0.987. The maximum Gasteiger partial charge on any atom is 0.227 e. The molecule has 0 radical (unpaired) electrons. The van der Waals surface area contributed by atoms with E-state index in [1.165, 1.54) is 0 Å². The van der Waals surface area contributed by atoms with E-state index in [0.29, 0.717) is 25.9 Å². The van der Waals surface area contributed by atoms with Crippen LogP contribution in [0, 0.1) is 29.3 Å². The highest BCUT2D eigenvalue weighted by Gasteiger charge is 2.36. The Bertz CT molecular complexity index is 638. The van der Waals surface area contributed by atoms with Gasteiger partial charge in [0.1, 0.15) is 0 Å². The zero-order valence-corrected chi connectivity index (χ0v) is 12.4. The number of nitrogens with zero attached hydrogens (tertiary/aromatic N) is 1. The van der Waals surface area contributed by atoms with E-state index in [1.54, 1.807) is 4.90 Å². The van der Waals surface area contributed by atoms with Gasteiger partial charge in [-0.05, 0) is 37.8 Å². The monoisotopic (exact) mass is 326 g/mol. The van der Waals surface area contributed by atoms with Crippen LogP contribution in [0.5, 0.6) is 0 Å². The lowest BCUT2D eigenvalue weighted by atomic mass is 9.95. The summed E-state index contributed by atoms with van der Waals surface area (Å²) in [5.74, 6) is -4.81. The molecule has 0 unspecified atom stereocenters. The first-order valence-corrected chi connectivity index (χ1v) is 7.70. The molecule has 1 saturated heterocycles. The lowest BCUT2D eigenvalue weighted by Crippen LogP contribution is -2.42.